The van der Waals surface area contributed by atoms with Gasteiger partial charge in [-0.05, 0) is 33.1 Å². The minimum absolute atomic E-state index is 0.0184. The lowest BCUT2D eigenvalue weighted by molar-refractivity contribution is 0.233. The van der Waals surface area contributed by atoms with Crippen molar-refractivity contribution in [1.29, 1.82) is 0 Å². The molecule has 0 fully saturated rings. The fraction of sp³-hybridized carbons (Fsp3) is 0.579. The molecule has 138 valence electrons. The van der Waals surface area contributed by atoms with Gasteiger partial charge in [0.2, 0.25) is 0 Å². The van der Waals surface area contributed by atoms with E-state index in [4.69, 9.17) is 4.98 Å². The van der Waals surface area contributed by atoms with E-state index in [1.165, 1.54) is 5.69 Å². The first-order chi connectivity index (χ1) is 12.5. The molecule has 2 aromatic rings. The lowest BCUT2D eigenvalue weighted by Crippen LogP contribution is -2.37. The molecule has 2 aliphatic rings. The highest BCUT2D eigenvalue weighted by Gasteiger charge is 2.24. The van der Waals surface area contributed by atoms with Gasteiger partial charge in [0.1, 0.15) is 5.82 Å². The van der Waals surface area contributed by atoms with Crippen LogP contribution in [0.2, 0.25) is 0 Å². The molecule has 2 aliphatic heterocycles. The maximum atomic E-state index is 12.7. The Morgan fingerprint density at radius 1 is 1.15 bits per heavy atom. The summed E-state index contributed by atoms with van der Waals surface area (Å²) < 4.78 is 2.14. The Labute approximate surface area is 153 Å². The van der Waals surface area contributed by atoms with E-state index in [0.717, 1.165) is 73.8 Å². The average Bonchev–Trinajstić information content (AvgIpc) is 2.89. The van der Waals surface area contributed by atoms with E-state index in [1.807, 2.05) is 14.0 Å². The summed E-state index contributed by atoms with van der Waals surface area (Å²) in [5.41, 5.74) is 4.92. The van der Waals surface area contributed by atoms with E-state index >= 15 is 0 Å². The first kappa shape index (κ1) is 17.1. The van der Waals surface area contributed by atoms with Crippen molar-refractivity contribution in [1.82, 2.24) is 24.4 Å². The van der Waals surface area contributed by atoms with Crippen molar-refractivity contribution in [3.8, 4) is 0 Å². The molecule has 0 spiro atoms. The van der Waals surface area contributed by atoms with Gasteiger partial charge in [0, 0.05) is 38.8 Å². The van der Waals surface area contributed by atoms with Crippen LogP contribution >= 0.6 is 0 Å². The molecule has 0 saturated heterocycles. The van der Waals surface area contributed by atoms with Crippen LogP contribution in [-0.4, -0.2) is 43.2 Å². The van der Waals surface area contributed by atoms with Crippen LogP contribution in [0.5, 0.6) is 0 Å². The van der Waals surface area contributed by atoms with E-state index in [2.05, 4.69) is 31.4 Å². The third-order valence-electron chi connectivity index (χ3n) is 5.62. The summed E-state index contributed by atoms with van der Waals surface area (Å²) in [6.45, 7) is 7.22. The third kappa shape index (κ3) is 3.11. The minimum atomic E-state index is -0.0184. The number of hydrogen-bond acceptors (Lipinski definition) is 5. The van der Waals surface area contributed by atoms with Gasteiger partial charge in [0.25, 0.3) is 5.56 Å². The number of aromatic nitrogens is 4. The van der Waals surface area contributed by atoms with Gasteiger partial charge in [-0.1, -0.05) is 0 Å². The number of H-pyrrole nitrogens is 1. The second-order valence-corrected chi connectivity index (χ2v) is 7.34. The average molecular weight is 354 g/mol. The molecule has 0 unspecified atom stereocenters. The van der Waals surface area contributed by atoms with Gasteiger partial charge in [-0.15, -0.1) is 0 Å². The fourth-order valence-corrected chi connectivity index (χ4v) is 3.77. The van der Waals surface area contributed by atoms with Crippen LogP contribution in [0, 0.1) is 13.8 Å². The van der Waals surface area contributed by atoms with Crippen molar-refractivity contribution < 1.29 is 0 Å². The van der Waals surface area contributed by atoms with E-state index in [-0.39, 0.29) is 5.56 Å². The summed E-state index contributed by atoms with van der Waals surface area (Å²) in [5.74, 6) is 1.72. The number of nitrogens with one attached hydrogen (secondary N) is 1. The Morgan fingerprint density at radius 3 is 2.69 bits per heavy atom. The van der Waals surface area contributed by atoms with Crippen molar-refractivity contribution in [2.24, 2.45) is 12.0 Å². The lowest BCUT2D eigenvalue weighted by atomic mass is 10.1. The van der Waals surface area contributed by atoms with Gasteiger partial charge in [-0.3, -0.25) is 14.7 Å². The summed E-state index contributed by atoms with van der Waals surface area (Å²) >= 11 is 0. The standard InChI is InChI=1S/C19H26N6O/c1-12-13(2)24(3)17(21-12)11-25-9-7-15-14(10-25)19(26)23-18(22-15)16-6-4-5-8-20-16/h4-11H2,1-3H3,(H,22,23,26). The van der Waals surface area contributed by atoms with E-state index in [9.17, 15) is 4.79 Å². The highest BCUT2D eigenvalue weighted by Crippen LogP contribution is 2.18. The quantitative estimate of drug-likeness (QED) is 0.909. The van der Waals surface area contributed by atoms with Crippen molar-refractivity contribution in [2.75, 3.05) is 13.1 Å². The van der Waals surface area contributed by atoms with Gasteiger partial charge in [0.15, 0.2) is 5.82 Å². The Bertz CT molecular complexity index is 923. The first-order valence-corrected chi connectivity index (χ1v) is 9.40. The SMILES string of the molecule is Cc1nc(CN2CCc3nc(C4=NCCCC4)[nH]c(=O)c3C2)n(C)c1C. The molecule has 1 N–H and O–H groups in total. The Kier molecular flexibility index (Phi) is 4.48. The molecular weight excluding hydrogens is 328 g/mol. The molecule has 2 aromatic heterocycles. The second kappa shape index (κ2) is 6.79. The minimum Gasteiger partial charge on any atom is -0.334 e. The number of aryl methyl sites for hydroxylation is 1. The van der Waals surface area contributed by atoms with E-state index in [0.29, 0.717) is 12.4 Å². The number of rotatable bonds is 3. The van der Waals surface area contributed by atoms with Crippen LogP contribution in [0.4, 0.5) is 0 Å². The molecule has 4 heterocycles. The van der Waals surface area contributed by atoms with Gasteiger partial charge >= 0.3 is 0 Å². The van der Waals surface area contributed by atoms with Crippen molar-refractivity contribution in [2.45, 2.75) is 52.6 Å². The Morgan fingerprint density at radius 2 is 2.00 bits per heavy atom. The zero-order valence-electron chi connectivity index (χ0n) is 15.8. The molecule has 0 bridgehead atoms. The van der Waals surface area contributed by atoms with Crippen molar-refractivity contribution >= 4 is 5.71 Å². The molecule has 0 saturated carbocycles. The van der Waals surface area contributed by atoms with Gasteiger partial charge in [0.05, 0.1) is 29.2 Å². The zero-order valence-corrected chi connectivity index (χ0v) is 15.8. The van der Waals surface area contributed by atoms with Crippen LogP contribution in [0.1, 0.15) is 53.6 Å². The molecule has 0 radical (unpaired) electrons. The third-order valence-corrected chi connectivity index (χ3v) is 5.62. The monoisotopic (exact) mass is 354 g/mol. The highest BCUT2D eigenvalue weighted by atomic mass is 16.1. The number of nitrogens with zero attached hydrogens (tertiary/aromatic N) is 5. The molecule has 0 atom stereocenters. The Balaban J connectivity index is 1.56. The normalized spacial score (nSPS) is 17.9. The number of hydrogen-bond donors (Lipinski definition) is 1. The van der Waals surface area contributed by atoms with Crippen LogP contribution in [0.25, 0.3) is 0 Å². The maximum Gasteiger partial charge on any atom is 0.255 e. The predicted octanol–water partition coefficient (Wildman–Crippen LogP) is 1.65. The van der Waals surface area contributed by atoms with Gasteiger partial charge in [-0.2, -0.15) is 0 Å². The molecule has 0 aliphatic carbocycles. The number of fused-ring (bicyclic) bond motifs is 1. The van der Waals surface area contributed by atoms with Crippen LogP contribution < -0.4 is 5.56 Å². The van der Waals surface area contributed by atoms with Crippen molar-refractivity contribution in [3.05, 3.63) is 44.6 Å². The molecule has 0 amide bonds. The number of aromatic amines is 1. The smallest absolute Gasteiger partial charge is 0.255 e. The highest BCUT2D eigenvalue weighted by molar-refractivity contribution is 5.97. The van der Waals surface area contributed by atoms with E-state index < -0.39 is 0 Å². The number of aliphatic imine (C=N–C) groups is 1. The maximum absolute atomic E-state index is 12.7. The molecule has 7 nitrogen and oxygen atoms in total. The van der Waals surface area contributed by atoms with Crippen molar-refractivity contribution in [3.63, 3.8) is 0 Å². The van der Waals surface area contributed by atoms with Gasteiger partial charge < -0.3 is 9.55 Å². The summed E-state index contributed by atoms with van der Waals surface area (Å²) in [4.78, 5) is 31.8. The van der Waals surface area contributed by atoms with E-state index in [1.54, 1.807) is 0 Å². The summed E-state index contributed by atoms with van der Waals surface area (Å²) in [5, 5.41) is 0. The lowest BCUT2D eigenvalue weighted by Gasteiger charge is -2.27. The summed E-state index contributed by atoms with van der Waals surface area (Å²) in [7, 11) is 2.05. The summed E-state index contributed by atoms with van der Waals surface area (Å²) in [6, 6.07) is 0. The van der Waals surface area contributed by atoms with Gasteiger partial charge in [-0.25, -0.2) is 9.97 Å². The van der Waals surface area contributed by atoms with Crippen LogP contribution in [0.15, 0.2) is 9.79 Å². The largest absolute Gasteiger partial charge is 0.334 e. The molecule has 7 heteroatoms. The van der Waals surface area contributed by atoms with Crippen LogP contribution in [-0.2, 0) is 26.6 Å². The second-order valence-electron chi connectivity index (χ2n) is 7.34. The number of imidazole rings is 1. The molecule has 0 aromatic carbocycles. The molecule has 26 heavy (non-hydrogen) atoms. The molecule has 4 rings (SSSR count). The topological polar surface area (TPSA) is 79.2 Å². The first-order valence-electron chi connectivity index (χ1n) is 9.40. The predicted molar refractivity (Wildman–Crippen MR) is 101 cm³/mol. The summed E-state index contributed by atoms with van der Waals surface area (Å²) in [6.07, 6.45) is 3.95. The zero-order chi connectivity index (χ0) is 18.3. The van der Waals surface area contributed by atoms with Crippen LogP contribution in [0.3, 0.4) is 0 Å². The molecular formula is C19H26N6O. The Hall–Kier alpha value is -2.28. The fourth-order valence-electron chi connectivity index (χ4n) is 3.77.